The van der Waals surface area contributed by atoms with Gasteiger partial charge in [-0.05, 0) is 12.1 Å². The molecule has 0 aliphatic heterocycles. The molecule has 0 aliphatic carbocycles. The Labute approximate surface area is 122 Å². The maximum Gasteiger partial charge on any atom is 0.232 e. The summed E-state index contributed by atoms with van der Waals surface area (Å²) in [5.74, 6) is -2.46. The molecule has 0 saturated heterocycles. The molecule has 1 aromatic carbocycles. The van der Waals surface area contributed by atoms with Crippen molar-refractivity contribution >= 4 is 21.6 Å². The Morgan fingerprint density at radius 2 is 1.95 bits per heavy atom. The molecule has 0 radical (unpaired) electrons. The lowest BCUT2D eigenvalue weighted by molar-refractivity contribution is -0.120. The number of sulfonamides is 1. The number of nitrogens with one attached hydrogen (secondary N) is 1. The Morgan fingerprint density at radius 3 is 2.43 bits per heavy atom. The lowest BCUT2D eigenvalue weighted by Gasteiger charge is -2.23. The molecular formula is C13H16F2N2O3S. The van der Waals surface area contributed by atoms with Gasteiger partial charge in [-0.2, -0.15) is 0 Å². The standard InChI is InChI=1S/C13H16F2N2O3S/c1-3-8-16-12(18)7-9-17(21(2,19)20)13-10(14)5-4-6-11(13)15/h3-6H,1,7-9H2,2H3,(H,16,18). The molecule has 116 valence electrons. The van der Waals surface area contributed by atoms with E-state index in [1.54, 1.807) is 0 Å². The zero-order valence-electron chi connectivity index (χ0n) is 11.5. The van der Waals surface area contributed by atoms with E-state index in [0.29, 0.717) is 4.31 Å². The van der Waals surface area contributed by atoms with Gasteiger partial charge in [-0.15, -0.1) is 6.58 Å². The van der Waals surface area contributed by atoms with Gasteiger partial charge in [0.1, 0.15) is 5.69 Å². The molecular weight excluding hydrogens is 302 g/mol. The Morgan fingerprint density at radius 1 is 1.38 bits per heavy atom. The summed E-state index contributed by atoms with van der Waals surface area (Å²) < 4.78 is 51.4. The van der Waals surface area contributed by atoms with Crippen molar-refractivity contribution in [1.29, 1.82) is 0 Å². The van der Waals surface area contributed by atoms with Gasteiger partial charge in [0.15, 0.2) is 11.6 Å². The fourth-order valence-electron chi connectivity index (χ4n) is 1.65. The van der Waals surface area contributed by atoms with E-state index in [4.69, 9.17) is 0 Å². The van der Waals surface area contributed by atoms with E-state index in [0.717, 1.165) is 24.5 Å². The molecule has 0 bridgehead atoms. The zero-order chi connectivity index (χ0) is 16.0. The number of benzene rings is 1. The summed E-state index contributed by atoms with van der Waals surface area (Å²) in [5, 5.41) is 2.45. The van der Waals surface area contributed by atoms with Crippen LogP contribution in [0.5, 0.6) is 0 Å². The number of halogens is 2. The van der Waals surface area contributed by atoms with Crippen molar-refractivity contribution in [2.75, 3.05) is 23.7 Å². The van der Waals surface area contributed by atoms with Gasteiger partial charge in [-0.1, -0.05) is 12.1 Å². The van der Waals surface area contributed by atoms with Crippen LogP contribution in [0.4, 0.5) is 14.5 Å². The van der Waals surface area contributed by atoms with Gasteiger partial charge in [0.05, 0.1) is 6.26 Å². The predicted octanol–water partition coefficient (Wildman–Crippen LogP) is 1.42. The van der Waals surface area contributed by atoms with Crippen LogP contribution in [0.3, 0.4) is 0 Å². The summed E-state index contributed by atoms with van der Waals surface area (Å²) in [4.78, 5) is 11.5. The molecule has 1 amide bonds. The normalized spacial score (nSPS) is 11.0. The van der Waals surface area contributed by atoms with Crippen LogP contribution in [0.2, 0.25) is 0 Å². The Bertz CT molecular complexity index is 612. The van der Waals surface area contributed by atoms with Crippen LogP contribution in [0.15, 0.2) is 30.9 Å². The summed E-state index contributed by atoms with van der Waals surface area (Å²) in [6.07, 6.45) is 2.05. The lowest BCUT2D eigenvalue weighted by atomic mass is 10.2. The quantitative estimate of drug-likeness (QED) is 0.773. The molecule has 0 aliphatic rings. The number of amides is 1. The fraction of sp³-hybridized carbons (Fsp3) is 0.308. The van der Waals surface area contributed by atoms with Gasteiger partial charge in [0.2, 0.25) is 15.9 Å². The number of carbonyl (C=O) groups excluding carboxylic acids is 1. The fourth-order valence-corrected chi connectivity index (χ4v) is 2.58. The summed E-state index contributed by atoms with van der Waals surface area (Å²) in [6, 6.07) is 3.04. The highest BCUT2D eigenvalue weighted by molar-refractivity contribution is 7.92. The van der Waals surface area contributed by atoms with E-state index in [2.05, 4.69) is 11.9 Å². The maximum absolute atomic E-state index is 13.7. The lowest BCUT2D eigenvalue weighted by Crippen LogP contribution is -2.35. The highest BCUT2D eigenvalue weighted by Gasteiger charge is 2.24. The molecule has 0 fully saturated rings. The van der Waals surface area contributed by atoms with E-state index in [-0.39, 0.29) is 19.5 Å². The molecule has 0 unspecified atom stereocenters. The van der Waals surface area contributed by atoms with Gasteiger partial charge >= 0.3 is 0 Å². The molecule has 0 spiro atoms. The Hall–Kier alpha value is -1.96. The summed E-state index contributed by atoms with van der Waals surface area (Å²) in [7, 11) is -3.93. The summed E-state index contributed by atoms with van der Waals surface area (Å²) in [5.41, 5.74) is -0.684. The first-order chi connectivity index (χ1) is 9.77. The summed E-state index contributed by atoms with van der Waals surface area (Å²) >= 11 is 0. The van der Waals surface area contributed by atoms with Crippen molar-refractivity contribution in [2.24, 2.45) is 0 Å². The predicted molar refractivity (Wildman–Crippen MR) is 76.4 cm³/mol. The highest BCUT2D eigenvalue weighted by Crippen LogP contribution is 2.25. The second-order valence-corrected chi connectivity index (χ2v) is 6.15. The van der Waals surface area contributed by atoms with Crippen molar-refractivity contribution < 1.29 is 22.0 Å². The minimum atomic E-state index is -3.93. The van der Waals surface area contributed by atoms with E-state index >= 15 is 0 Å². The SMILES string of the molecule is C=CCNC(=O)CCN(c1c(F)cccc1F)S(C)(=O)=O. The van der Waals surface area contributed by atoms with E-state index in [1.807, 2.05) is 0 Å². The third kappa shape index (κ3) is 4.82. The van der Waals surface area contributed by atoms with Crippen LogP contribution in [-0.4, -0.2) is 33.7 Å². The van der Waals surface area contributed by atoms with Crippen molar-refractivity contribution in [2.45, 2.75) is 6.42 Å². The smallest absolute Gasteiger partial charge is 0.232 e. The second-order valence-electron chi connectivity index (χ2n) is 4.25. The van der Waals surface area contributed by atoms with Crippen LogP contribution in [0, 0.1) is 11.6 Å². The van der Waals surface area contributed by atoms with Gasteiger partial charge in [-0.3, -0.25) is 9.10 Å². The molecule has 5 nitrogen and oxygen atoms in total. The number of nitrogens with zero attached hydrogens (tertiary/aromatic N) is 1. The number of hydrogen-bond acceptors (Lipinski definition) is 3. The molecule has 8 heteroatoms. The molecule has 1 rings (SSSR count). The molecule has 0 heterocycles. The molecule has 0 aromatic heterocycles. The average Bonchev–Trinajstić information content (AvgIpc) is 2.38. The third-order valence-electron chi connectivity index (χ3n) is 2.57. The van der Waals surface area contributed by atoms with Gasteiger partial charge in [0.25, 0.3) is 0 Å². The minimum absolute atomic E-state index is 0.227. The second kappa shape index (κ2) is 7.16. The minimum Gasteiger partial charge on any atom is -0.353 e. The topological polar surface area (TPSA) is 66.5 Å². The third-order valence-corrected chi connectivity index (χ3v) is 3.74. The van der Waals surface area contributed by atoms with Gasteiger partial charge in [0, 0.05) is 19.5 Å². The monoisotopic (exact) mass is 318 g/mol. The Kier molecular flexibility index (Phi) is 5.83. The first kappa shape index (κ1) is 17.1. The van der Waals surface area contributed by atoms with Crippen LogP contribution in [0.1, 0.15) is 6.42 Å². The first-order valence-corrected chi connectivity index (χ1v) is 7.91. The number of anilines is 1. The van der Waals surface area contributed by atoms with E-state index < -0.39 is 33.3 Å². The van der Waals surface area contributed by atoms with Crippen LogP contribution >= 0.6 is 0 Å². The number of hydrogen-bond donors (Lipinski definition) is 1. The highest BCUT2D eigenvalue weighted by atomic mass is 32.2. The maximum atomic E-state index is 13.7. The van der Waals surface area contributed by atoms with E-state index in [9.17, 15) is 22.0 Å². The average molecular weight is 318 g/mol. The summed E-state index contributed by atoms with van der Waals surface area (Å²) in [6.45, 7) is 3.28. The van der Waals surface area contributed by atoms with Gasteiger partial charge < -0.3 is 5.32 Å². The van der Waals surface area contributed by atoms with Crippen molar-refractivity contribution in [3.8, 4) is 0 Å². The first-order valence-electron chi connectivity index (χ1n) is 6.06. The molecule has 1 N–H and O–H groups in total. The number of carbonyl (C=O) groups is 1. The number of rotatable bonds is 7. The zero-order valence-corrected chi connectivity index (χ0v) is 12.3. The van der Waals surface area contributed by atoms with Crippen LogP contribution in [0.25, 0.3) is 0 Å². The van der Waals surface area contributed by atoms with Crippen molar-refractivity contribution in [3.63, 3.8) is 0 Å². The van der Waals surface area contributed by atoms with E-state index in [1.165, 1.54) is 6.08 Å². The molecule has 21 heavy (non-hydrogen) atoms. The largest absolute Gasteiger partial charge is 0.353 e. The number of para-hydroxylation sites is 1. The van der Waals surface area contributed by atoms with Crippen LogP contribution < -0.4 is 9.62 Å². The molecule has 0 atom stereocenters. The Balaban J connectivity index is 2.98. The van der Waals surface area contributed by atoms with Crippen molar-refractivity contribution in [1.82, 2.24) is 5.32 Å². The van der Waals surface area contributed by atoms with Gasteiger partial charge in [-0.25, -0.2) is 17.2 Å². The molecule has 1 aromatic rings. The van der Waals surface area contributed by atoms with Crippen LogP contribution in [-0.2, 0) is 14.8 Å². The molecule has 0 saturated carbocycles. The van der Waals surface area contributed by atoms with Crippen molar-refractivity contribution in [3.05, 3.63) is 42.5 Å².